The van der Waals surface area contributed by atoms with E-state index in [9.17, 15) is 0 Å². The minimum Gasteiger partial charge on any atom is -0.497 e. The van der Waals surface area contributed by atoms with Gasteiger partial charge in [0.25, 0.3) is 0 Å². The molecule has 0 aliphatic carbocycles. The Hall–Kier alpha value is -1.26. The van der Waals surface area contributed by atoms with Crippen molar-refractivity contribution in [1.29, 1.82) is 0 Å². The summed E-state index contributed by atoms with van der Waals surface area (Å²) >= 11 is 0. The molecule has 0 aromatic heterocycles. The number of hydrogen-bond donors (Lipinski definition) is 1. The van der Waals surface area contributed by atoms with E-state index in [1.54, 1.807) is 14.2 Å². The lowest BCUT2D eigenvalue weighted by Gasteiger charge is -2.20. The highest BCUT2D eigenvalue weighted by Gasteiger charge is 2.13. The van der Waals surface area contributed by atoms with Gasteiger partial charge < -0.3 is 20.1 Å². The van der Waals surface area contributed by atoms with E-state index in [4.69, 9.17) is 15.2 Å². The Labute approximate surface area is 110 Å². The average Bonchev–Trinajstić information content (AvgIpc) is 2.37. The minimum atomic E-state index is 0.433. The second-order valence-electron chi connectivity index (χ2n) is 4.75. The van der Waals surface area contributed by atoms with Gasteiger partial charge in [-0.2, -0.15) is 0 Å². The van der Waals surface area contributed by atoms with E-state index in [2.05, 4.69) is 25.1 Å². The van der Waals surface area contributed by atoms with E-state index < -0.39 is 0 Å². The van der Waals surface area contributed by atoms with Crippen LogP contribution in [0.15, 0.2) is 18.2 Å². The fourth-order valence-corrected chi connectivity index (χ4v) is 2.07. The Morgan fingerprint density at radius 2 is 1.94 bits per heavy atom. The average molecular weight is 252 g/mol. The summed E-state index contributed by atoms with van der Waals surface area (Å²) in [5, 5.41) is 0. The fourth-order valence-electron chi connectivity index (χ4n) is 2.07. The number of rotatable bonds is 7. The molecule has 1 rings (SSSR count). The number of benzene rings is 1. The van der Waals surface area contributed by atoms with Crippen molar-refractivity contribution in [3.8, 4) is 11.5 Å². The van der Waals surface area contributed by atoms with Crippen LogP contribution < -0.4 is 15.2 Å². The summed E-state index contributed by atoms with van der Waals surface area (Å²) in [5.74, 6) is 2.11. The van der Waals surface area contributed by atoms with Crippen LogP contribution in [0, 0.1) is 5.92 Å². The maximum Gasteiger partial charge on any atom is 0.125 e. The van der Waals surface area contributed by atoms with Crippen molar-refractivity contribution in [2.24, 2.45) is 11.7 Å². The molecule has 1 aromatic rings. The largest absolute Gasteiger partial charge is 0.497 e. The number of hydrogen-bond acceptors (Lipinski definition) is 4. The molecular weight excluding hydrogens is 228 g/mol. The van der Waals surface area contributed by atoms with Gasteiger partial charge in [0.2, 0.25) is 0 Å². The van der Waals surface area contributed by atoms with Gasteiger partial charge in [0.05, 0.1) is 14.2 Å². The Kier molecular flexibility index (Phi) is 5.95. The van der Waals surface area contributed by atoms with Crippen molar-refractivity contribution in [3.05, 3.63) is 23.8 Å². The highest BCUT2D eigenvalue weighted by molar-refractivity contribution is 5.41. The number of ether oxygens (including phenoxy) is 2. The van der Waals surface area contributed by atoms with Crippen LogP contribution in [0.4, 0.5) is 0 Å². The van der Waals surface area contributed by atoms with Crippen LogP contribution in [0.1, 0.15) is 5.56 Å². The van der Waals surface area contributed by atoms with Gasteiger partial charge in [0.15, 0.2) is 0 Å². The second kappa shape index (κ2) is 7.24. The van der Waals surface area contributed by atoms with Crippen molar-refractivity contribution < 1.29 is 9.47 Å². The lowest BCUT2D eigenvalue weighted by atomic mass is 9.98. The molecule has 0 bridgehead atoms. The Morgan fingerprint density at radius 3 is 2.44 bits per heavy atom. The van der Waals surface area contributed by atoms with Gasteiger partial charge in [-0.1, -0.05) is 6.07 Å². The molecule has 4 nitrogen and oxygen atoms in total. The van der Waals surface area contributed by atoms with E-state index in [0.717, 1.165) is 24.5 Å². The third-order valence-corrected chi connectivity index (χ3v) is 2.96. The standard InChI is InChI=1S/C14H24N2O2/c1-16(2)10-11(9-15)7-12-5-6-13(17-3)8-14(12)18-4/h5-6,8,11H,7,9-10,15H2,1-4H3. The van der Waals surface area contributed by atoms with Crippen LogP contribution >= 0.6 is 0 Å². The lowest BCUT2D eigenvalue weighted by molar-refractivity contribution is 0.323. The molecule has 0 spiro atoms. The first-order valence-corrected chi connectivity index (χ1v) is 6.16. The SMILES string of the molecule is COc1ccc(CC(CN)CN(C)C)c(OC)c1. The fraction of sp³-hybridized carbons (Fsp3) is 0.571. The molecule has 0 fully saturated rings. The Bertz CT molecular complexity index is 367. The van der Waals surface area contributed by atoms with Gasteiger partial charge in [-0.3, -0.25) is 0 Å². The first-order valence-electron chi connectivity index (χ1n) is 6.16. The highest BCUT2D eigenvalue weighted by atomic mass is 16.5. The van der Waals surface area contributed by atoms with Crippen molar-refractivity contribution >= 4 is 0 Å². The van der Waals surface area contributed by atoms with Gasteiger partial charge in [-0.15, -0.1) is 0 Å². The molecule has 102 valence electrons. The third-order valence-electron chi connectivity index (χ3n) is 2.96. The molecule has 4 heteroatoms. The summed E-state index contributed by atoms with van der Waals surface area (Å²) in [4.78, 5) is 2.16. The highest BCUT2D eigenvalue weighted by Crippen LogP contribution is 2.26. The molecule has 2 N–H and O–H groups in total. The first-order chi connectivity index (χ1) is 8.60. The van der Waals surface area contributed by atoms with Crippen LogP contribution in [-0.2, 0) is 6.42 Å². The topological polar surface area (TPSA) is 47.7 Å². The third kappa shape index (κ3) is 4.20. The van der Waals surface area contributed by atoms with Gasteiger partial charge >= 0.3 is 0 Å². The van der Waals surface area contributed by atoms with Crippen molar-refractivity contribution in [1.82, 2.24) is 4.90 Å². The summed E-state index contributed by atoms with van der Waals surface area (Å²) in [7, 11) is 7.46. The summed E-state index contributed by atoms with van der Waals surface area (Å²) in [5.41, 5.74) is 7.00. The molecular formula is C14H24N2O2. The van der Waals surface area contributed by atoms with Crippen LogP contribution in [0.2, 0.25) is 0 Å². The molecule has 1 aromatic carbocycles. The molecule has 18 heavy (non-hydrogen) atoms. The minimum absolute atomic E-state index is 0.433. The van der Waals surface area contributed by atoms with Crippen LogP contribution in [-0.4, -0.2) is 46.3 Å². The monoisotopic (exact) mass is 252 g/mol. The summed E-state index contributed by atoms with van der Waals surface area (Å²) in [6.07, 6.45) is 0.918. The summed E-state index contributed by atoms with van der Waals surface area (Å²) in [6, 6.07) is 5.93. The zero-order chi connectivity index (χ0) is 13.5. The second-order valence-corrected chi connectivity index (χ2v) is 4.75. The molecule has 0 amide bonds. The predicted octanol–water partition coefficient (Wildman–Crippen LogP) is 1.38. The molecule has 0 heterocycles. The van der Waals surface area contributed by atoms with Crippen molar-refractivity contribution in [2.45, 2.75) is 6.42 Å². The van der Waals surface area contributed by atoms with Gasteiger partial charge in [-0.05, 0) is 44.6 Å². The van der Waals surface area contributed by atoms with E-state index in [1.807, 2.05) is 12.1 Å². The van der Waals surface area contributed by atoms with Gasteiger partial charge in [-0.25, -0.2) is 0 Å². The smallest absolute Gasteiger partial charge is 0.125 e. The van der Waals surface area contributed by atoms with Gasteiger partial charge in [0.1, 0.15) is 11.5 Å². The molecule has 1 atom stereocenters. The van der Waals surface area contributed by atoms with E-state index >= 15 is 0 Å². The molecule has 0 saturated carbocycles. The molecule has 0 aliphatic rings. The maximum absolute atomic E-state index is 5.82. The summed E-state index contributed by atoms with van der Waals surface area (Å²) < 4.78 is 10.6. The van der Waals surface area contributed by atoms with Crippen molar-refractivity contribution in [2.75, 3.05) is 41.4 Å². The maximum atomic E-state index is 5.82. The predicted molar refractivity (Wildman–Crippen MR) is 74.3 cm³/mol. The van der Waals surface area contributed by atoms with Crippen LogP contribution in [0.25, 0.3) is 0 Å². The zero-order valence-electron chi connectivity index (χ0n) is 11.8. The zero-order valence-corrected chi connectivity index (χ0v) is 11.8. The first kappa shape index (κ1) is 14.8. The molecule has 0 aliphatic heterocycles. The Morgan fingerprint density at radius 1 is 1.22 bits per heavy atom. The number of methoxy groups -OCH3 is 2. The van der Waals surface area contributed by atoms with Crippen molar-refractivity contribution in [3.63, 3.8) is 0 Å². The number of nitrogens with zero attached hydrogens (tertiary/aromatic N) is 1. The molecule has 1 unspecified atom stereocenters. The van der Waals surface area contributed by atoms with Crippen LogP contribution in [0.3, 0.4) is 0 Å². The summed E-state index contributed by atoms with van der Waals surface area (Å²) in [6.45, 7) is 1.65. The normalized spacial score (nSPS) is 12.6. The van der Waals surface area contributed by atoms with E-state index in [-0.39, 0.29) is 0 Å². The Balaban J connectivity index is 2.81. The van der Waals surface area contributed by atoms with Gasteiger partial charge in [0, 0.05) is 12.6 Å². The molecule has 0 saturated heterocycles. The van der Waals surface area contributed by atoms with Crippen LogP contribution in [0.5, 0.6) is 11.5 Å². The van der Waals surface area contributed by atoms with E-state index in [1.165, 1.54) is 5.56 Å². The van der Waals surface area contributed by atoms with E-state index in [0.29, 0.717) is 12.5 Å². The quantitative estimate of drug-likeness (QED) is 0.796. The lowest BCUT2D eigenvalue weighted by Crippen LogP contribution is -2.29. The number of nitrogens with two attached hydrogens (primary N) is 1. The molecule has 0 radical (unpaired) electrons.